The molecule has 1 aromatic carbocycles. The predicted octanol–water partition coefficient (Wildman–Crippen LogP) is 0.633. The van der Waals surface area contributed by atoms with Gasteiger partial charge in [0.25, 0.3) is 0 Å². The van der Waals surface area contributed by atoms with Crippen LogP contribution in [0.2, 0.25) is 0 Å². The fraction of sp³-hybridized carbons (Fsp3) is 0.357. The van der Waals surface area contributed by atoms with Gasteiger partial charge >= 0.3 is 0 Å². The molecule has 0 bridgehead atoms. The van der Waals surface area contributed by atoms with Crippen LogP contribution in [0, 0.1) is 6.92 Å². The Balaban J connectivity index is 1.81. The summed E-state index contributed by atoms with van der Waals surface area (Å²) in [5.74, 6) is -0.0520. The molecular weight excluding hydrogens is 256 g/mol. The molecule has 1 aliphatic rings. The zero-order valence-electron chi connectivity index (χ0n) is 11.2. The first kappa shape index (κ1) is 12.8. The Morgan fingerprint density at radius 1 is 1.40 bits per heavy atom. The van der Waals surface area contributed by atoms with Crippen LogP contribution in [0.25, 0.3) is 5.69 Å². The maximum absolute atomic E-state index is 11.3. The summed E-state index contributed by atoms with van der Waals surface area (Å²) in [6.07, 6.45) is 4.04. The van der Waals surface area contributed by atoms with Gasteiger partial charge in [0.2, 0.25) is 5.91 Å². The number of benzene rings is 1. The Kier molecular flexibility index (Phi) is 3.47. The molecule has 6 heteroatoms. The number of hydrogen-bond donors (Lipinski definition) is 1. The van der Waals surface area contributed by atoms with Crippen molar-refractivity contribution in [3.05, 3.63) is 41.7 Å². The largest absolute Gasteiger partial charge is 0.369 e. The van der Waals surface area contributed by atoms with Crippen LogP contribution in [-0.4, -0.2) is 40.2 Å². The van der Waals surface area contributed by atoms with Crippen LogP contribution in [0.5, 0.6) is 0 Å². The normalized spacial score (nSPS) is 18.9. The van der Waals surface area contributed by atoms with E-state index in [4.69, 9.17) is 4.74 Å². The number of ether oxygens (including phenoxy) is 1. The molecule has 2 aromatic rings. The molecule has 0 spiro atoms. The monoisotopic (exact) mass is 272 g/mol. The Morgan fingerprint density at radius 3 is 2.95 bits per heavy atom. The van der Waals surface area contributed by atoms with Gasteiger partial charge in [-0.25, -0.2) is 0 Å². The van der Waals surface area contributed by atoms with E-state index in [9.17, 15) is 4.79 Å². The minimum absolute atomic E-state index is 0.0239. The molecule has 0 unspecified atom stereocenters. The lowest BCUT2D eigenvalue weighted by atomic mass is 10.00. The lowest BCUT2D eigenvalue weighted by molar-refractivity contribution is -0.131. The summed E-state index contributed by atoms with van der Waals surface area (Å²) in [6.45, 7) is 2.77. The number of rotatable bonds is 3. The van der Waals surface area contributed by atoms with Crippen LogP contribution in [0.4, 0.5) is 0 Å². The maximum Gasteiger partial charge on any atom is 0.246 e. The second-order valence-corrected chi connectivity index (χ2v) is 4.91. The third-order valence-corrected chi connectivity index (χ3v) is 3.37. The van der Waals surface area contributed by atoms with Gasteiger partial charge in [-0.3, -0.25) is 4.79 Å². The van der Waals surface area contributed by atoms with Crippen molar-refractivity contribution in [3.63, 3.8) is 0 Å². The molecule has 1 aliphatic heterocycles. The van der Waals surface area contributed by atoms with Crippen LogP contribution >= 0.6 is 0 Å². The second-order valence-electron chi connectivity index (χ2n) is 4.91. The van der Waals surface area contributed by atoms with E-state index in [1.54, 1.807) is 17.2 Å². The second kappa shape index (κ2) is 5.42. The Hall–Kier alpha value is -2.21. The van der Waals surface area contributed by atoms with Crippen molar-refractivity contribution in [2.24, 2.45) is 0 Å². The molecule has 0 radical (unpaired) electrons. The van der Waals surface area contributed by atoms with Gasteiger partial charge in [-0.1, -0.05) is 6.07 Å². The lowest BCUT2D eigenvalue weighted by Crippen LogP contribution is -2.46. The summed E-state index contributed by atoms with van der Waals surface area (Å²) in [7, 11) is 0. The fourth-order valence-electron chi connectivity index (χ4n) is 2.33. The van der Waals surface area contributed by atoms with E-state index in [0.717, 1.165) is 17.7 Å². The van der Waals surface area contributed by atoms with Crippen LogP contribution in [0.1, 0.15) is 11.1 Å². The summed E-state index contributed by atoms with van der Waals surface area (Å²) in [5, 5.41) is 11.2. The standard InChI is InChI=1S/C14H16N4O2/c1-10-2-3-13(18-15-4-5-16-18)7-11(10)6-12-8-20-9-14(19)17-12/h2-5,7,12H,6,8-9H2,1H3,(H,17,19)/t12-/m1/s1. The Morgan fingerprint density at radius 2 is 2.20 bits per heavy atom. The molecule has 20 heavy (non-hydrogen) atoms. The van der Waals surface area contributed by atoms with Crippen LogP contribution in [-0.2, 0) is 16.0 Å². The van der Waals surface area contributed by atoms with E-state index >= 15 is 0 Å². The minimum atomic E-state index is -0.0520. The average Bonchev–Trinajstić information content (AvgIpc) is 2.95. The molecule has 1 amide bonds. The molecule has 2 heterocycles. The first-order valence-corrected chi connectivity index (χ1v) is 6.56. The smallest absolute Gasteiger partial charge is 0.246 e. The molecule has 1 atom stereocenters. The van der Waals surface area contributed by atoms with Gasteiger partial charge in [-0.05, 0) is 36.6 Å². The predicted molar refractivity (Wildman–Crippen MR) is 72.5 cm³/mol. The fourth-order valence-corrected chi connectivity index (χ4v) is 2.33. The number of nitrogens with one attached hydrogen (secondary N) is 1. The molecule has 1 aromatic heterocycles. The topological polar surface area (TPSA) is 69.0 Å². The number of nitrogens with zero attached hydrogens (tertiary/aromatic N) is 3. The van der Waals surface area contributed by atoms with E-state index in [-0.39, 0.29) is 18.6 Å². The minimum Gasteiger partial charge on any atom is -0.369 e. The van der Waals surface area contributed by atoms with E-state index in [2.05, 4.69) is 28.5 Å². The summed E-state index contributed by atoms with van der Waals surface area (Å²) < 4.78 is 5.27. The van der Waals surface area contributed by atoms with Crippen molar-refractivity contribution in [1.29, 1.82) is 0 Å². The van der Waals surface area contributed by atoms with Crippen molar-refractivity contribution in [2.75, 3.05) is 13.2 Å². The number of amides is 1. The van der Waals surface area contributed by atoms with Crippen molar-refractivity contribution >= 4 is 5.91 Å². The maximum atomic E-state index is 11.3. The number of aromatic nitrogens is 3. The highest BCUT2D eigenvalue weighted by Crippen LogP contribution is 2.16. The molecule has 0 aliphatic carbocycles. The average molecular weight is 272 g/mol. The molecule has 0 saturated carbocycles. The molecule has 1 N–H and O–H groups in total. The van der Waals surface area contributed by atoms with E-state index < -0.39 is 0 Å². The SMILES string of the molecule is Cc1ccc(-n2nccn2)cc1C[C@@H]1COCC(=O)N1. The summed E-state index contributed by atoms with van der Waals surface area (Å²) in [4.78, 5) is 12.9. The summed E-state index contributed by atoms with van der Waals surface area (Å²) >= 11 is 0. The molecular formula is C14H16N4O2. The number of morpholine rings is 1. The van der Waals surface area contributed by atoms with Gasteiger partial charge in [0.1, 0.15) is 6.61 Å². The number of carbonyl (C=O) groups is 1. The highest BCUT2D eigenvalue weighted by molar-refractivity contribution is 5.78. The van der Waals surface area contributed by atoms with Crippen molar-refractivity contribution in [3.8, 4) is 5.69 Å². The highest BCUT2D eigenvalue weighted by atomic mass is 16.5. The Labute approximate surface area is 116 Å². The van der Waals surface area contributed by atoms with Crippen LogP contribution in [0.3, 0.4) is 0 Å². The molecule has 104 valence electrons. The van der Waals surface area contributed by atoms with E-state index in [1.807, 2.05) is 12.1 Å². The third kappa shape index (κ3) is 2.70. The highest BCUT2D eigenvalue weighted by Gasteiger charge is 2.19. The number of carbonyl (C=O) groups excluding carboxylic acids is 1. The van der Waals surface area contributed by atoms with Crippen LogP contribution < -0.4 is 5.32 Å². The molecule has 3 rings (SSSR count). The molecule has 6 nitrogen and oxygen atoms in total. The molecule has 1 fully saturated rings. The zero-order chi connectivity index (χ0) is 13.9. The van der Waals surface area contributed by atoms with Gasteiger partial charge < -0.3 is 10.1 Å². The Bertz CT molecular complexity index is 610. The first-order chi connectivity index (χ1) is 9.72. The summed E-state index contributed by atoms with van der Waals surface area (Å²) in [5.41, 5.74) is 3.26. The third-order valence-electron chi connectivity index (χ3n) is 3.37. The number of hydrogen-bond acceptors (Lipinski definition) is 4. The van der Waals surface area contributed by atoms with Crippen molar-refractivity contribution < 1.29 is 9.53 Å². The molecule has 1 saturated heterocycles. The number of aryl methyl sites for hydroxylation is 1. The van der Waals surface area contributed by atoms with Gasteiger partial charge in [0.15, 0.2) is 0 Å². The quantitative estimate of drug-likeness (QED) is 0.890. The van der Waals surface area contributed by atoms with Crippen molar-refractivity contribution in [2.45, 2.75) is 19.4 Å². The summed E-state index contributed by atoms with van der Waals surface area (Å²) in [6, 6.07) is 6.10. The van der Waals surface area contributed by atoms with Crippen LogP contribution in [0.15, 0.2) is 30.6 Å². The van der Waals surface area contributed by atoms with Gasteiger partial charge in [0.05, 0.1) is 30.7 Å². The van der Waals surface area contributed by atoms with E-state index in [0.29, 0.717) is 6.61 Å². The zero-order valence-corrected chi connectivity index (χ0v) is 11.2. The van der Waals surface area contributed by atoms with Crippen molar-refractivity contribution in [1.82, 2.24) is 20.3 Å². The first-order valence-electron chi connectivity index (χ1n) is 6.56. The van der Waals surface area contributed by atoms with Gasteiger partial charge in [0, 0.05) is 0 Å². The van der Waals surface area contributed by atoms with Gasteiger partial charge in [-0.15, -0.1) is 0 Å². The van der Waals surface area contributed by atoms with E-state index in [1.165, 1.54) is 5.56 Å². The lowest BCUT2D eigenvalue weighted by Gasteiger charge is -2.24. The van der Waals surface area contributed by atoms with Gasteiger partial charge in [-0.2, -0.15) is 15.0 Å².